The van der Waals surface area contributed by atoms with Crippen molar-refractivity contribution in [2.75, 3.05) is 11.5 Å². The highest BCUT2D eigenvalue weighted by Gasteiger charge is 2.19. The van der Waals surface area contributed by atoms with Crippen LogP contribution in [0.15, 0.2) is 72.8 Å². The summed E-state index contributed by atoms with van der Waals surface area (Å²) in [5, 5.41) is 3.07. The van der Waals surface area contributed by atoms with Gasteiger partial charge in [-0.15, -0.1) is 0 Å². The third-order valence-electron chi connectivity index (χ3n) is 5.19. The number of benzene rings is 3. The van der Waals surface area contributed by atoms with E-state index < -0.39 is 0 Å². The average molecular weight is 447 g/mol. The second-order valence-corrected chi connectivity index (χ2v) is 9.00. The molecule has 1 amide bonds. The van der Waals surface area contributed by atoms with Crippen LogP contribution < -0.4 is 11.1 Å². The van der Waals surface area contributed by atoms with Gasteiger partial charge < -0.3 is 11.1 Å². The quantitative estimate of drug-likeness (QED) is 0.429. The fraction of sp³-hybridized carbons (Fsp3) is 0.259. The third-order valence-corrected chi connectivity index (χ3v) is 6.25. The van der Waals surface area contributed by atoms with Crippen LogP contribution >= 0.6 is 11.8 Å². The maximum Gasteiger partial charge on any atom is 0.251 e. The molecule has 4 nitrogen and oxygen atoms in total. The van der Waals surface area contributed by atoms with E-state index in [2.05, 4.69) is 18.3 Å². The summed E-state index contributed by atoms with van der Waals surface area (Å²) in [6, 6.07) is 22.9. The molecule has 0 bridgehead atoms. The SMILES string of the molecule is CCCc1cc(C)cc(C(=O)N[C@@H](CSC(=O)c2ccccc2N)Cc2ccccc2)c1. The van der Waals surface area contributed by atoms with Gasteiger partial charge in [-0.25, -0.2) is 0 Å². The number of nitrogens with one attached hydrogen (secondary N) is 1. The topological polar surface area (TPSA) is 72.2 Å². The molecule has 0 aromatic heterocycles. The predicted octanol–water partition coefficient (Wildman–Crippen LogP) is 5.44. The second-order valence-electron chi connectivity index (χ2n) is 8.00. The van der Waals surface area contributed by atoms with Crippen molar-refractivity contribution in [3.8, 4) is 0 Å². The molecule has 0 aliphatic rings. The number of anilines is 1. The highest BCUT2D eigenvalue weighted by Crippen LogP contribution is 2.20. The van der Waals surface area contributed by atoms with Crippen molar-refractivity contribution in [3.63, 3.8) is 0 Å². The maximum atomic E-state index is 13.1. The Hall–Kier alpha value is -3.05. The molecular formula is C27H30N2O2S. The first-order chi connectivity index (χ1) is 15.5. The number of hydrogen-bond acceptors (Lipinski definition) is 4. The van der Waals surface area contributed by atoms with Crippen LogP contribution in [-0.4, -0.2) is 22.8 Å². The minimum Gasteiger partial charge on any atom is -0.398 e. The van der Waals surface area contributed by atoms with Crippen LogP contribution in [0.4, 0.5) is 5.69 Å². The molecule has 3 N–H and O–H groups in total. The molecule has 166 valence electrons. The second kappa shape index (κ2) is 11.5. The summed E-state index contributed by atoms with van der Waals surface area (Å²) in [4.78, 5) is 25.8. The summed E-state index contributed by atoms with van der Waals surface area (Å²) in [6.45, 7) is 4.14. The van der Waals surface area contributed by atoms with E-state index in [0.717, 1.165) is 24.0 Å². The van der Waals surface area contributed by atoms with Gasteiger partial charge in [-0.2, -0.15) is 0 Å². The van der Waals surface area contributed by atoms with Gasteiger partial charge in [0.15, 0.2) is 0 Å². The Kier molecular flexibility index (Phi) is 8.51. The number of nitrogen functional groups attached to an aromatic ring is 1. The number of amides is 1. The maximum absolute atomic E-state index is 13.1. The number of nitrogens with two attached hydrogens (primary N) is 1. The van der Waals surface area contributed by atoms with Crippen LogP contribution in [0.1, 0.15) is 50.8 Å². The van der Waals surface area contributed by atoms with E-state index in [0.29, 0.717) is 29.0 Å². The molecule has 0 radical (unpaired) electrons. The minimum atomic E-state index is -0.195. The highest BCUT2D eigenvalue weighted by atomic mass is 32.2. The lowest BCUT2D eigenvalue weighted by molar-refractivity contribution is 0.0939. The Morgan fingerprint density at radius 1 is 0.969 bits per heavy atom. The molecule has 5 heteroatoms. The molecule has 32 heavy (non-hydrogen) atoms. The van der Waals surface area contributed by atoms with Gasteiger partial charge in [0.1, 0.15) is 0 Å². The first kappa shape index (κ1) is 23.6. The van der Waals surface area contributed by atoms with Crippen LogP contribution in [0.25, 0.3) is 0 Å². The summed E-state index contributed by atoms with van der Waals surface area (Å²) in [6.07, 6.45) is 2.62. The smallest absolute Gasteiger partial charge is 0.251 e. The van der Waals surface area contributed by atoms with E-state index in [4.69, 9.17) is 5.73 Å². The number of para-hydroxylation sites is 1. The molecule has 0 unspecified atom stereocenters. The molecule has 1 atom stereocenters. The summed E-state index contributed by atoms with van der Waals surface area (Å²) < 4.78 is 0. The molecule has 0 spiro atoms. The summed E-state index contributed by atoms with van der Waals surface area (Å²) in [5.74, 6) is 0.348. The normalized spacial score (nSPS) is 11.7. The first-order valence-corrected chi connectivity index (χ1v) is 11.9. The van der Waals surface area contributed by atoms with Crippen molar-refractivity contribution in [2.24, 2.45) is 0 Å². The number of carbonyl (C=O) groups excluding carboxylic acids is 2. The van der Waals surface area contributed by atoms with E-state index in [1.165, 1.54) is 17.3 Å². The Morgan fingerprint density at radius 3 is 2.41 bits per heavy atom. The van der Waals surface area contributed by atoms with Gasteiger partial charge in [0.25, 0.3) is 5.91 Å². The summed E-state index contributed by atoms with van der Waals surface area (Å²) in [7, 11) is 0. The van der Waals surface area contributed by atoms with Gasteiger partial charge in [-0.05, 0) is 55.2 Å². The lowest BCUT2D eigenvalue weighted by Gasteiger charge is -2.19. The van der Waals surface area contributed by atoms with Gasteiger partial charge in [0.2, 0.25) is 5.12 Å². The zero-order valence-corrected chi connectivity index (χ0v) is 19.5. The molecule has 0 aliphatic heterocycles. The zero-order valence-electron chi connectivity index (χ0n) is 18.6. The number of thioether (sulfide) groups is 1. The molecule has 3 aromatic rings. The summed E-state index contributed by atoms with van der Waals surface area (Å²) >= 11 is 1.19. The van der Waals surface area contributed by atoms with Gasteiger partial charge >= 0.3 is 0 Å². The first-order valence-electron chi connectivity index (χ1n) is 10.9. The van der Waals surface area contributed by atoms with E-state index in [1.54, 1.807) is 18.2 Å². The van der Waals surface area contributed by atoms with Crippen LogP contribution in [0.5, 0.6) is 0 Å². The van der Waals surface area contributed by atoms with Gasteiger partial charge in [-0.3, -0.25) is 9.59 Å². The van der Waals surface area contributed by atoms with E-state index in [1.807, 2.05) is 55.5 Å². The third kappa shape index (κ3) is 6.72. The van der Waals surface area contributed by atoms with Crippen LogP contribution in [0, 0.1) is 6.92 Å². The molecular weight excluding hydrogens is 416 g/mol. The van der Waals surface area contributed by atoms with Crippen molar-refractivity contribution >= 4 is 28.5 Å². The van der Waals surface area contributed by atoms with Crippen molar-refractivity contribution < 1.29 is 9.59 Å². The summed E-state index contributed by atoms with van der Waals surface area (Å²) in [5.41, 5.74) is 10.9. The molecule has 0 saturated heterocycles. The molecule has 3 aromatic carbocycles. The van der Waals surface area contributed by atoms with Gasteiger partial charge in [0, 0.05) is 23.0 Å². The zero-order chi connectivity index (χ0) is 22.9. The predicted molar refractivity (Wildman–Crippen MR) is 134 cm³/mol. The molecule has 0 heterocycles. The van der Waals surface area contributed by atoms with Gasteiger partial charge in [0.05, 0.1) is 5.56 Å². The molecule has 0 aliphatic carbocycles. The Labute approximate surface area is 194 Å². The molecule has 0 saturated carbocycles. The highest BCUT2D eigenvalue weighted by molar-refractivity contribution is 8.14. The number of carbonyl (C=O) groups is 2. The van der Waals surface area contributed by atoms with E-state index >= 15 is 0 Å². The Morgan fingerprint density at radius 2 is 1.69 bits per heavy atom. The van der Waals surface area contributed by atoms with Crippen molar-refractivity contribution in [1.29, 1.82) is 0 Å². The fourth-order valence-corrected chi connectivity index (χ4v) is 4.58. The van der Waals surface area contributed by atoms with Crippen LogP contribution in [0.2, 0.25) is 0 Å². The number of rotatable bonds is 9. The monoisotopic (exact) mass is 446 g/mol. The Balaban J connectivity index is 1.74. The van der Waals surface area contributed by atoms with Crippen molar-refractivity contribution in [2.45, 2.75) is 39.2 Å². The van der Waals surface area contributed by atoms with Crippen LogP contribution in [0.3, 0.4) is 0 Å². The standard InChI is InChI=1S/C27H30N2O2S/c1-3-9-21-14-19(2)15-22(16-21)26(30)29-23(17-20-10-5-4-6-11-20)18-32-27(31)24-12-7-8-13-25(24)28/h4-8,10-16,23H,3,9,17-18,28H2,1-2H3,(H,29,30)/t23-/m1/s1. The number of aryl methyl sites for hydroxylation is 2. The Bertz CT molecular complexity index is 1070. The average Bonchev–Trinajstić information content (AvgIpc) is 2.78. The molecule has 3 rings (SSSR count). The minimum absolute atomic E-state index is 0.0869. The number of hydrogen-bond donors (Lipinski definition) is 2. The van der Waals surface area contributed by atoms with Crippen molar-refractivity contribution in [3.05, 3.63) is 101 Å². The van der Waals surface area contributed by atoms with E-state index in [9.17, 15) is 9.59 Å². The lowest BCUT2D eigenvalue weighted by Crippen LogP contribution is -2.38. The lowest BCUT2D eigenvalue weighted by atomic mass is 10.0. The fourth-order valence-electron chi connectivity index (χ4n) is 3.68. The van der Waals surface area contributed by atoms with Gasteiger partial charge in [-0.1, -0.05) is 79.2 Å². The van der Waals surface area contributed by atoms with Crippen LogP contribution in [-0.2, 0) is 12.8 Å². The van der Waals surface area contributed by atoms with Crippen molar-refractivity contribution in [1.82, 2.24) is 5.32 Å². The molecule has 0 fully saturated rings. The largest absolute Gasteiger partial charge is 0.398 e. The van der Waals surface area contributed by atoms with E-state index in [-0.39, 0.29) is 17.1 Å².